The predicted octanol–water partition coefficient (Wildman–Crippen LogP) is 11.4. The lowest BCUT2D eigenvalue weighted by atomic mass is 9.83. The molecule has 0 spiro atoms. The second-order valence-electron chi connectivity index (χ2n) is 10.5. The Bertz CT molecular complexity index is 2110. The van der Waals surface area contributed by atoms with Crippen LogP contribution in [0.3, 0.4) is 0 Å². The van der Waals surface area contributed by atoms with Gasteiger partial charge in [0.25, 0.3) is 0 Å². The highest BCUT2D eigenvalue weighted by molar-refractivity contribution is 6.24. The Hall–Kier alpha value is -5.53. The van der Waals surface area contributed by atoms with Crippen molar-refractivity contribution in [1.29, 1.82) is 5.41 Å². The van der Waals surface area contributed by atoms with E-state index in [2.05, 4.69) is 146 Å². The van der Waals surface area contributed by atoms with Crippen LogP contribution in [0.2, 0.25) is 0 Å². The normalized spacial score (nSPS) is 11.7. The molecule has 0 saturated heterocycles. The molecule has 0 heterocycles. The van der Waals surface area contributed by atoms with Crippen molar-refractivity contribution in [3.63, 3.8) is 0 Å². The predicted molar refractivity (Wildman–Crippen MR) is 182 cm³/mol. The van der Waals surface area contributed by atoms with Gasteiger partial charge in [-0.05, 0) is 89.0 Å². The largest absolute Gasteiger partial charge is 0.309 e. The lowest BCUT2D eigenvalue weighted by Gasteiger charge is -2.19. The zero-order valence-electron chi connectivity index (χ0n) is 23.2. The minimum Gasteiger partial charge on any atom is -0.309 e. The van der Waals surface area contributed by atoms with Gasteiger partial charge in [-0.15, -0.1) is 0 Å². The molecule has 0 aliphatic carbocycles. The summed E-state index contributed by atoms with van der Waals surface area (Å²) in [6.07, 6.45) is 4.90. The zero-order valence-corrected chi connectivity index (χ0v) is 23.2. The van der Waals surface area contributed by atoms with Crippen molar-refractivity contribution in [2.24, 2.45) is 0 Å². The fourth-order valence-corrected chi connectivity index (χ4v) is 6.34. The third kappa shape index (κ3) is 4.24. The molecule has 0 fully saturated rings. The van der Waals surface area contributed by atoms with Crippen LogP contribution in [0.1, 0.15) is 5.56 Å². The van der Waals surface area contributed by atoms with Gasteiger partial charge in [-0.1, -0.05) is 146 Å². The Morgan fingerprint density at radius 1 is 0.476 bits per heavy atom. The first-order chi connectivity index (χ1) is 20.8. The summed E-state index contributed by atoms with van der Waals surface area (Å²) in [6.45, 7) is 3.96. The monoisotopic (exact) mass is 535 g/mol. The minimum absolute atomic E-state index is 0.934. The van der Waals surface area contributed by atoms with E-state index in [4.69, 9.17) is 5.41 Å². The second-order valence-corrected chi connectivity index (χ2v) is 10.5. The van der Waals surface area contributed by atoms with Gasteiger partial charge < -0.3 is 5.41 Å². The average molecular weight is 536 g/mol. The van der Waals surface area contributed by atoms with E-state index in [1.165, 1.54) is 66.3 Å². The van der Waals surface area contributed by atoms with Crippen molar-refractivity contribution < 1.29 is 0 Å². The smallest absolute Gasteiger partial charge is 0.0183 e. The van der Waals surface area contributed by atoms with E-state index in [0.29, 0.717) is 0 Å². The number of allylic oxidation sites excluding steroid dienone is 3. The molecule has 0 aliphatic heterocycles. The van der Waals surface area contributed by atoms with E-state index in [-0.39, 0.29) is 0 Å². The molecule has 42 heavy (non-hydrogen) atoms. The van der Waals surface area contributed by atoms with Crippen molar-refractivity contribution >= 4 is 44.1 Å². The molecule has 0 amide bonds. The quantitative estimate of drug-likeness (QED) is 0.124. The number of hydrogen-bond donors (Lipinski definition) is 1. The first kappa shape index (κ1) is 25.4. The first-order valence-corrected chi connectivity index (χ1v) is 14.2. The van der Waals surface area contributed by atoms with Gasteiger partial charge in [-0.25, -0.2) is 0 Å². The maximum Gasteiger partial charge on any atom is 0.0183 e. The molecule has 7 rings (SSSR count). The Kier molecular flexibility index (Phi) is 6.54. The Morgan fingerprint density at radius 2 is 0.976 bits per heavy atom. The summed E-state index contributed by atoms with van der Waals surface area (Å²) in [5.74, 6) is 0. The molecule has 1 heteroatoms. The van der Waals surface area contributed by atoms with Gasteiger partial charge in [0, 0.05) is 6.21 Å². The number of nitrogens with one attached hydrogen (secondary N) is 1. The number of fused-ring (bicyclic) bond motifs is 3. The highest BCUT2D eigenvalue weighted by Gasteiger charge is 2.18. The molecule has 0 unspecified atom stereocenters. The molecule has 1 nitrogen and oxygen atoms in total. The Balaban J connectivity index is 1.53. The van der Waals surface area contributed by atoms with E-state index in [0.717, 1.165) is 16.7 Å². The summed E-state index contributed by atoms with van der Waals surface area (Å²) >= 11 is 0. The zero-order chi connectivity index (χ0) is 28.5. The van der Waals surface area contributed by atoms with E-state index in [1.54, 1.807) is 12.2 Å². The van der Waals surface area contributed by atoms with Gasteiger partial charge in [0.2, 0.25) is 0 Å². The number of hydrogen-bond acceptors (Lipinski definition) is 1. The van der Waals surface area contributed by atoms with Crippen LogP contribution in [0.15, 0.2) is 158 Å². The summed E-state index contributed by atoms with van der Waals surface area (Å²) in [5, 5.41) is 15.0. The molecule has 1 N–H and O–H groups in total. The summed E-state index contributed by atoms with van der Waals surface area (Å²) in [4.78, 5) is 0. The minimum atomic E-state index is 0.934. The molecule has 7 aromatic rings. The molecule has 0 saturated carbocycles. The third-order valence-electron chi connectivity index (χ3n) is 8.18. The van der Waals surface area contributed by atoms with Crippen molar-refractivity contribution in [2.45, 2.75) is 0 Å². The van der Waals surface area contributed by atoms with Crippen molar-refractivity contribution in [1.82, 2.24) is 0 Å². The van der Waals surface area contributed by atoms with Crippen LogP contribution in [-0.4, -0.2) is 6.21 Å². The van der Waals surface area contributed by atoms with Crippen molar-refractivity contribution in [3.05, 3.63) is 164 Å². The molecular formula is C41H29N. The van der Waals surface area contributed by atoms with Gasteiger partial charge in [-0.3, -0.25) is 0 Å². The van der Waals surface area contributed by atoms with Crippen LogP contribution in [-0.2, 0) is 0 Å². The van der Waals surface area contributed by atoms with Gasteiger partial charge in [0.1, 0.15) is 0 Å². The molecule has 7 aromatic carbocycles. The number of benzene rings is 7. The molecule has 0 aliphatic rings. The van der Waals surface area contributed by atoms with Crippen LogP contribution < -0.4 is 0 Å². The van der Waals surface area contributed by atoms with Gasteiger partial charge in [0.05, 0.1) is 0 Å². The average Bonchev–Trinajstić information content (AvgIpc) is 3.06. The van der Waals surface area contributed by atoms with Gasteiger partial charge in [-0.2, -0.15) is 0 Å². The SMILES string of the molecule is C=C/C(=C\C=N)c1cccc(-c2ccc(-c3c4ccccc4c(-c4ccccc4)c4ccccc34)c3ccccc23)c1. The van der Waals surface area contributed by atoms with E-state index < -0.39 is 0 Å². The molecular weight excluding hydrogens is 506 g/mol. The van der Waals surface area contributed by atoms with Crippen LogP contribution in [0, 0.1) is 5.41 Å². The third-order valence-corrected chi connectivity index (χ3v) is 8.18. The fourth-order valence-electron chi connectivity index (χ4n) is 6.34. The molecule has 0 bridgehead atoms. The Morgan fingerprint density at radius 3 is 1.57 bits per heavy atom. The summed E-state index contributed by atoms with van der Waals surface area (Å²) in [7, 11) is 0. The molecule has 0 aromatic heterocycles. The molecule has 198 valence electrons. The first-order valence-electron chi connectivity index (χ1n) is 14.2. The van der Waals surface area contributed by atoms with E-state index in [9.17, 15) is 0 Å². The lowest BCUT2D eigenvalue weighted by Crippen LogP contribution is -1.92. The van der Waals surface area contributed by atoms with Gasteiger partial charge >= 0.3 is 0 Å². The number of rotatable bonds is 6. The molecule has 0 radical (unpaired) electrons. The highest BCUT2D eigenvalue weighted by atomic mass is 14.3. The Labute approximate surface area is 246 Å². The maximum absolute atomic E-state index is 7.54. The van der Waals surface area contributed by atoms with Crippen molar-refractivity contribution in [3.8, 4) is 33.4 Å². The highest BCUT2D eigenvalue weighted by Crippen LogP contribution is 2.46. The summed E-state index contributed by atoms with van der Waals surface area (Å²) in [6, 6.07) is 50.2. The standard InChI is InChI=1S/C41H29N/c1-2-28(25-26-42)30-15-12-16-31(27-30)32-23-24-39(34-18-7-6-17-33(32)34)41-37-21-10-8-19-35(37)40(29-13-4-3-5-14-29)36-20-9-11-22-38(36)41/h2-27,42H,1H2/b28-25+,42-26?. The van der Waals surface area contributed by atoms with E-state index >= 15 is 0 Å². The summed E-state index contributed by atoms with van der Waals surface area (Å²) in [5.41, 5.74) is 9.31. The van der Waals surface area contributed by atoms with Crippen LogP contribution in [0.25, 0.3) is 71.3 Å². The fraction of sp³-hybridized carbons (Fsp3) is 0. The van der Waals surface area contributed by atoms with Gasteiger partial charge in [0.15, 0.2) is 0 Å². The maximum atomic E-state index is 7.54. The van der Waals surface area contributed by atoms with Crippen molar-refractivity contribution in [2.75, 3.05) is 0 Å². The second kappa shape index (κ2) is 10.8. The van der Waals surface area contributed by atoms with E-state index in [1.807, 2.05) is 0 Å². The van der Waals surface area contributed by atoms with Crippen LogP contribution in [0.4, 0.5) is 0 Å². The van der Waals surface area contributed by atoms with Crippen LogP contribution >= 0.6 is 0 Å². The topological polar surface area (TPSA) is 23.9 Å². The summed E-state index contributed by atoms with van der Waals surface area (Å²) < 4.78 is 0. The molecule has 0 atom stereocenters. The van der Waals surface area contributed by atoms with Crippen LogP contribution in [0.5, 0.6) is 0 Å². The lowest BCUT2D eigenvalue weighted by molar-refractivity contribution is 1.57.